The molecule has 0 bridgehead atoms. The van der Waals surface area contributed by atoms with Crippen molar-refractivity contribution in [3.05, 3.63) is 66.2 Å². The van der Waals surface area contributed by atoms with Gasteiger partial charge >= 0.3 is 6.03 Å². The van der Waals surface area contributed by atoms with Crippen LogP contribution in [0.15, 0.2) is 54.9 Å². The van der Waals surface area contributed by atoms with Gasteiger partial charge in [0.15, 0.2) is 11.6 Å². The highest BCUT2D eigenvalue weighted by molar-refractivity contribution is 7.22. The van der Waals surface area contributed by atoms with Crippen LogP contribution in [0, 0.1) is 5.82 Å². The zero-order valence-corrected chi connectivity index (χ0v) is 22.6. The smallest absolute Gasteiger partial charge is 0.319 e. The van der Waals surface area contributed by atoms with Crippen molar-refractivity contribution in [2.24, 2.45) is 0 Å². The molecule has 2 N–H and O–H groups in total. The van der Waals surface area contributed by atoms with Gasteiger partial charge in [-0.15, -0.1) is 11.3 Å². The van der Waals surface area contributed by atoms with E-state index in [9.17, 15) is 9.18 Å². The van der Waals surface area contributed by atoms with Crippen LogP contribution in [0.25, 0.3) is 20.8 Å². The standard InChI is InChI=1S/C29H31FN6O2S/c1-35-11-2-12-36(14-13-35)18-19-3-7-23(32-17-19)27-16-24-28(39-27)26(9-10-31-24)38-25-8-6-21(15-22(25)30)34-29(37)33-20-4-5-20/h3,6-10,15-17,20H,2,4-5,11-14,18H2,1H3,(H2,33,34,37). The fraction of sp³-hybridized carbons (Fsp3) is 0.345. The van der Waals surface area contributed by atoms with Gasteiger partial charge in [0.25, 0.3) is 0 Å². The summed E-state index contributed by atoms with van der Waals surface area (Å²) in [6.07, 6.45) is 6.76. The molecule has 1 aliphatic carbocycles. The Morgan fingerprint density at radius 3 is 2.77 bits per heavy atom. The van der Waals surface area contributed by atoms with Crippen LogP contribution in [0.3, 0.4) is 0 Å². The average molecular weight is 547 g/mol. The summed E-state index contributed by atoms with van der Waals surface area (Å²) in [6, 6.07) is 12.2. The number of amides is 2. The minimum atomic E-state index is -0.561. The van der Waals surface area contributed by atoms with E-state index in [1.54, 1.807) is 18.3 Å². The van der Waals surface area contributed by atoms with Gasteiger partial charge in [-0.3, -0.25) is 14.9 Å². The van der Waals surface area contributed by atoms with Crippen LogP contribution in [0.5, 0.6) is 11.5 Å². The number of aromatic nitrogens is 2. The number of pyridine rings is 2. The highest BCUT2D eigenvalue weighted by Crippen LogP contribution is 2.39. The highest BCUT2D eigenvalue weighted by atomic mass is 32.1. The normalized spacial score (nSPS) is 16.7. The highest BCUT2D eigenvalue weighted by Gasteiger charge is 2.23. The lowest BCUT2D eigenvalue weighted by molar-refractivity contribution is 0.251. The maximum absolute atomic E-state index is 14.9. The van der Waals surface area contributed by atoms with Gasteiger partial charge in [0.1, 0.15) is 5.75 Å². The first-order chi connectivity index (χ1) is 19.0. The Morgan fingerprint density at radius 2 is 1.97 bits per heavy atom. The molecular weight excluding hydrogens is 515 g/mol. The Hall–Kier alpha value is -3.60. The van der Waals surface area contributed by atoms with Crippen molar-refractivity contribution in [1.29, 1.82) is 0 Å². The van der Waals surface area contributed by atoms with Crippen LogP contribution in [-0.2, 0) is 6.54 Å². The van der Waals surface area contributed by atoms with E-state index in [1.807, 2.05) is 12.3 Å². The minimum Gasteiger partial charge on any atom is -0.453 e. The molecule has 2 amide bonds. The van der Waals surface area contributed by atoms with Crippen molar-refractivity contribution >= 4 is 33.3 Å². The molecular formula is C29H31FN6O2S. The lowest BCUT2D eigenvalue weighted by atomic mass is 10.2. The van der Waals surface area contributed by atoms with Crippen LogP contribution in [-0.4, -0.2) is 65.1 Å². The third kappa shape index (κ3) is 6.35. The van der Waals surface area contributed by atoms with Crippen LogP contribution in [0.1, 0.15) is 24.8 Å². The van der Waals surface area contributed by atoms with Gasteiger partial charge in [-0.2, -0.15) is 0 Å². The first-order valence-corrected chi connectivity index (χ1v) is 14.1. The topological polar surface area (TPSA) is 82.6 Å². The van der Waals surface area contributed by atoms with Gasteiger partial charge in [0.2, 0.25) is 0 Å². The first-order valence-electron chi connectivity index (χ1n) is 13.3. The zero-order valence-electron chi connectivity index (χ0n) is 21.8. The number of thiophene rings is 1. The number of benzene rings is 1. The molecule has 4 aromatic rings. The lowest BCUT2D eigenvalue weighted by Crippen LogP contribution is -2.30. The van der Waals surface area contributed by atoms with E-state index in [1.165, 1.54) is 35.5 Å². The van der Waals surface area contributed by atoms with Crippen LogP contribution in [0.4, 0.5) is 14.9 Å². The number of hydrogen-bond donors (Lipinski definition) is 2. The van der Waals surface area contributed by atoms with Crippen molar-refractivity contribution < 1.29 is 13.9 Å². The summed E-state index contributed by atoms with van der Waals surface area (Å²) in [6.45, 7) is 5.31. The van der Waals surface area contributed by atoms with Gasteiger partial charge in [-0.1, -0.05) is 6.07 Å². The SMILES string of the molecule is CN1CCCN(Cc2ccc(-c3cc4nccc(Oc5ccc(NC(=O)NC6CC6)cc5F)c4s3)nc2)CC1. The number of carbonyl (C=O) groups is 1. The van der Waals surface area contributed by atoms with Gasteiger partial charge < -0.3 is 20.3 Å². The fourth-order valence-corrected chi connectivity index (χ4v) is 5.70. The summed E-state index contributed by atoms with van der Waals surface area (Å²) in [5.41, 5.74) is 3.20. The van der Waals surface area contributed by atoms with Crippen molar-refractivity contribution in [3.63, 3.8) is 0 Å². The predicted molar refractivity (Wildman–Crippen MR) is 152 cm³/mol. The van der Waals surface area contributed by atoms with Crippen molar-refractivity contribution in [3.8, 4) is 22.1 Å². The van der Waals surface area contributed by atoms with Crippen molar-refractivity contribution in [2.45, 2.75) is 31.8 Å². The molecule has 2 fully saturated rings. The number of ether oxygens (including phenoxy) is 1. The molecule has 0 unspecified atom stereocenters. The number of fused-ring (bicyclic) bond motifs is 1. The summed E-state index contributed by atoms with van der Waals surface area (Å²) >= 11 is 1.52. The van der Waals surface area contributed by atoms with Crippen molar-refractivity contribution in [2.75, 3.05) is 38.5 Å². The molecule has 1 aromatic carbocycles. The van der Waals surface area contributed by atoms with E-state index in [-0.39, 0.29) is 17.8 Å². The second-order valence-corrected chi connectivity index (χ2v) is 11.3. The van der Waals surface area contributed by atoms with Crippen molar-refractivity contribution in [1.82, 2.24) is 25.1 Å². The number of carbonyl (C=O) groups excluding carboxylic acids is 1. The zero-order chi connectivity index (χ0) is 26.8. The molecule has 4 heterocycles. The molecule has 2 aliphatic rings. The number of halogens is 1. The molecule has 0 radical (unpaired) electrons. The molecule has 3 aromatic heterocycles. The van der Waals surface area contributed by atoms with E-state index in [0.29, 0.717) is 11.4 Å². The number of anilines is 1. The van der Waals surface area contributed by atoms with Gasteiger partial charge in [0, 0.05) is 55.9 Å². The first kappa shape index (κ1) is 25.7. The Kier molecular flexibility index (Phi) is 7.40. The Morgan fingerprint density at radius 1 is 1.08 bits per heavy atom. The Bertz CT molecular complexity index is 1470. The largest absolute Gasteiger partial charge is 0.453 e. The van der Waals surface area contributed by atoms with E-state index in [2.05, 4.69) is 44.6 Å². The summed E-state index contributed by atoms with van der Waals surface area (Å²) in [5, 5.41) is 5.48. The molecule has 0 spiro atoms. The van der Waals surface area contributed by atoms with E-state index < -0.39 is 5.82 Å². The van der Waals surface area contributed by atoms with Gasteiger partial charge in [-0.25, -0.2) is 9.18 Å². The average Bonchev–Trinajstić information content (AvgIpc) is 3.66. The minimum absolute atomic E-state index is 0.0767. The summed E-state index contributed by atoms with van der Waals surface area (Å²) in [5.74, 6) is 0.0344. The number of urea groups is 1. The molecule has 0 atom stereocenters. The second kappa shape index (κ2) is 11.3. The van der Waals surface area contributed by atoms with Gasteiger partial charge in [-0.05, 0) is 69.2 Å². The molecule has 202 valence electrons. The maximum atomic E-state index is 14.9. The second-order valence-electron chi connectivity index (χ2n) is 10.2. The predicted octanol–water partition coefficient (Wildman–Crippen LogP) is 5.71. The van der Waals surface area contributed by atoms with E-state index in [4.69, 9.17) is 9.72 Å². The molecule has 8 nitrogen and oxygen atoms in total. The quantitative estimate of drug-likeness (QED) is 0.309. The molecule has 39 heavy (non-hydrogen) atoms. The monoisotopic (exact) mass is 546 g/mol. The van der Waals surface area contributed by atoms with E-state index in [0.717, 1.165) is 66.4 Å². The Balaban J connectivity index is 1.15. The number of hydrogen-bond acceptors (Lipinski definition) is 7. The van der Waals surface area contributed by atoms with Crippen LogP contribution < -0.4 is 15.4 Å². The molecule has 1 saturated carbocycles. The molecule has 1 aliphatic heterocycles. The summed E-state index contributed by atoms with van der Waals surface area (Å²) < 4.78 is 21.6. The number of rotatable bonds is 7. The van der Waals surface area contributed by atoms with E-state index >= 15 is 0 Å². The number of nitrogens with one attached hydrogen (secondary N) is 2. The fourth-order valence-electron chi connectivity index (χ4n) is 4.66. The van der Waals surface area contributed by atoms with Crippen LogP contribution >= 0.6 is 11.3 Å². The maximum Gasteiger partial charge on any atom is 0.319 e. The summed E-state index contributed by atoms with van der Waals surface area (Å²) in [7, 11) is 2.18. The van der Waals surface area contributed by atoms with Crippen LogP contribution in [0.2, 0.25) is 0 Å². The molecule has 10 heteroatoms. The van der Waals surface area contributed by atoms with Gasteiger partial charge in [0.05, 0.1) is 20.8 Å². The lowest BCUT2D eigenvalue weighted by Gasteiger charge is -2.19. The number of likely N-dealkylation sites (N-methyl/N-ethyl adjacent to an activating group) is 1. The molecule has 1 saturated heterocycles. The third-order valence-electron chi connectivity index (χ3n) is 6.99. The molecule has 6 rings (SSSR count). The Labute approximate surface area is 230 Å². The third-order valence-corrected chi connectivity index (χ3v) is 8.15. The number of nitrogens with zero attached hydrogens (tertiary/aromatic N) is 4. The summed E-state index contributed by atoms with van der Waals surface area (Å²) in [4.78, 5) is 27.0.